The first-order chi connectivity index (χ1) is 14.0. The minimum absolute atomic E-state index is 0. The molecule has 0 saturated heterocycles. The number of thiophene rings is 2. The number of rotatable bonds is 5. The standard InChI is InChI=1S/C15H14N2OS.C8H10OS.CH4/c1-10(2)18-15-14(13-8-5-9-19-13)16-11-6-3-4-7-12(11)17-15;1-6(2)8(9)7-4-3-5-10-7;/h3-10H,1-2H3;3-6H,1-2H3;1H4. The average Bonchev–Trinajstić information content (AvgIpc) is 3.41. The second-order valence-electron chi connectivity index (χ2n) is 7.01. The number of aromatic nitrogens is 2. The van der Waals surface area contributed by atoms with Gasteiger partial charge in [0.15, 0.2) is 5.78 Å². The Morgan fingerprint density at radius 2 is 1.50 bits per heavy atom. The molecule has 0 aliphatic rings. The summed E-state index contributed by atoms with van der Waals surface area (Å²) in [6.07, 6.45) is 0.0779. The van der Waals surface area contributed by atoms with Crippen LogP contribution in [0.3, 0.4) is 0 Å². The van der Waals surface area contributed by atoms with Gasteiger partial charge in [-0.3, -0.25) is 4.79 Å². The normalized spacial score (nSPS) is 10.5. The van der Waals surface area contributed by atoms with E-state index in [2.05, 4.69) is 4.98 Å². The Bertz CT molecular complexity index is 1060. The summed E-state index contributed by atoms with van der Waals surface area (Å²) in [6, 6.07) is 15.7. The molecule has 158 valence electrons. The summed E-state index contributed by atoms with van der Waals surface area (Å²) in [5.74, 6) is 0.977. The molecule has 3 heterocycles. The third kappa shape index (κ3) is 5.97. The van der Waals surface area contributed by atoms with Crippen LogP contribution in [0, 0.1) is 5.92 Å². The molecule has 0 N–H and O–H groups in total. The topological polar surface area (TPSA) is 52.1 Å². The number of carbonyl (C=O) groups is 1. The van der Waals surface area contributed by atoms with Crippen molar-refractivity contribution in [1.29, 1.82) is 0 Å². The van der Waals surface area contributed by atoms with Gasteiger partial charge >= 0.3 is 0 Å². The van der Waals surface area contributed by atoms with Gasteiger partial charge in [-0.25, -0.2) is 9.97 Å². The van der Waals surface area contributed by atoms with Crippen molar-refractivity contribution in [2.24, 2.45) is 5.92 Å². The van der Waals surface area contributed by atoms with Gasteiger partial charge in [0, 0.05) is 5.92 Å². The number of benzene rings is 1. The van der Waals surface area contributed by atoms with Crippen LogP contribution in [0.4, 0.5) is 0 Å². The van der Waals surface area contributed by atoms with E-state index in [1.807, 2.05) is 87.0 Å². The van der Waals surface area contributed by atoms with Crippen LogP contribution in [0.25, 0.3) is 21.6 Å². The maximum absolute atomic E-state index is 11.2. The van der Waals surface area contributed by atoms with E-state index in [4.69, 9.17) is 9.72 Å². The maximum atomic E-state index is 11.2. The van der Waals surface area contributed by atoms with E-state index in [0.29, 0.717) is 5.88 Å². The number of hydrogen-bond acceptors (Lipinski definition) is 6. The molecular weight excluding hydrogens is 412 g/mol. The number of para-hydroxylation sites is 2. The molecule has 0 amide bonds. The van der Waals surface area contributed by atoms with Gasteiger partial charge in [-0.1, -0.05) is 45.5 Å². The van der Waals surface area contributed by atoms with Crippen molar-refractivity contribution in [3.05, 3.63) is 64.2 Å². The van der Waals surface area contributed by atoms with Gasteiger partial charge in [0.05, 0.1) is 26.9 Å². The second kappa shape index (κ2) is 11.0. The van der Waals surface area contributed by atoms with Gasteiger partial charge in [-0.2, -0.15) is 0 Å². The Morgan fingerprint density at radius 1 is 0.867 bits per heavy atom. The Balaban J connectivity index is 0.000000249. The van der Waals surface area contributed by atoms with Crippen LogP contribution in [0.15, 0.2) is 59.3 Å². The molecule has 30 heavy (non-hydrogen) atoms. The molecule has 0 unspecified atom stereocenters. The number of hydrogen-bond donors (Lipinski definition) is 0. The van der Waals surface area contributed by atoms with Crippen LogP contribution in [0.5, 0.6) is 5.88 Å². The summed E-state index contributed by atoms with van der Waals surface area (Å²) < 4.78 is 5.81. The van der Waals surface area contributed by atoms with Crippen molar-refractivity contribution < 1.29 is 9.53 Å². The fraction of sp³-hybridized carbons (Fsp3) is 0.292. The molecular formula is C24H28N2O2S2. The van der Waals surface area contributed by atoms with E-state index in [1.165, 1.54) is 11.3 Å². The molecule has 0 bridgehead atoms. The molecule has 6 heteroatoms. The largest absolute Gasteiger partial charge is 0.473 e. The highest BCUT2D eigenvalue weighted by Gasteiger charge is 2.14. The first-order valence-corrected chi connectivity index (χ1v) is 11.3. The molecule has 4 rings (SSSR count). The van der Waals surface area contributed by atoms with Gasteiger partial charge in [-0.05, 0) is 48.9 Å². The monoisotopic (exact) mass is 440 g/mol. The third-order valence-corrected chi connectivity index (χ3v) is 5.69. The molecule has 0 aliphatic carbocycles. The van der Waals surface area contributed by atoms with Crippen LogP contribution in [0.1, 0.15) is 44.8 Å². The number of ketones is 1. The van der Waals surface area contributed by atoms with Gasteiger partial charge in [0.25, 0.3) is 0 Å². The lowest BCUT2D eigenvalue weighted by Crippen LogP contribution is -2.08. The van der Waals surface area contributed by atoms with E-state index in [-0.39, 0.29) is 25.2 Å². The molecule has 1 aromatic carbocycles. The van der Waals surface area contributed by atoms with Crippen LogP contribution >= 0.6 is 22.7 Å². The summed E-state index contributed by atoms with van der Waals surface area (Å²) in [5, 5.41) is 3.96. The van der Waals surface area contributed by atoms with Crippen molar-refractivity contribution in [2.45, 2.75) is 41.2 Å². The van der Waals surface area contributed by atoms with Crippen molar-refractivity contribution in [3.63, 3.8) is 0 Å². The van der Waals surface area contributed by atoms with Crippen molar-refractivity contribution in [2.75, 3.05) is 0 Å². The molecule has 0 aliphatic heterocycles. The zero-order valence-corrected chi connectivity index (χ0v) is 18.6. The Morgan fingerprint density at radius 3 is 2.03 bits per heavy atom. The number of nitrogens with zero attached hydrogens (tertiary/aromatic N) is 2. The SMILES string of the molecule is C.CC(C)C(=O)c1cccs1.CC(C)Oc1nc2ccccc2nc1-c1cccs1. The number of Topliss-reactive ketones (excluding diaryl/α,β-unsaturated/α-hetero) is 1. The lowest BCUT2D eigenvalue weighted by molar-refractivity contribution is 0.0943. The molecule has 3 aromatic heterocycles. The average molecular weight is 441 g/mol. The Labute approximate surface area is 186 Å². The fourth-order valence-corrected chi connectivity index (χ4v) is 4.08. The van der Waals surface area contributed by atoms with E-state index >= 15 is 0 Å². The molecule has 0 fully saturated rings. The predicted molar refractivity (Wildman–Crippen MR) is 129 cm³/mol. The highest BCUT2D eigenvalue weighted by atomic mass is 32.1. The molecule has 0 radical (unpaired) electrons. The quantitative estimate of drug-likeness (QED) is 0.304. The van der Waals surface area contributed by atoms with Crippen LogP contribution in [-0.4, -0.2) is 21.9 Å². The van der Waals surface area contributed by atoms with Crippen LogP contribution in [0.2, 0.25) is 0 Å². The highest BCUT2D eigenvalue weighted by Crippen LogP contribution is 2.32. The lowest BCUT2D eigenvalue weighted by atomic mass is 10.1. The van der Waals surface area contributed by atoms with Crippen molar-refractivity contribution in [1.82, 2.24) is 9.97 Å². The Hall–Kier alpha value is -2.57. The molecule has 4 aromatic rings. The summed E-state index contributed by atoms with van der Waals surface area (Å²) in [4.78, 5) is 22.5. The first-order valence-electron chi connectivity index (χ1n) is 9.50. The minimum atomic E-state index is 0. The molecule has 4 nitrogen and oxygen atoms in total. The summed E-state index contributed by atoms with van der Waals surface area (Å²) in [7, 11) is 0. The van der Waals surface area contributed by atoms with Crippen molar-refractivity contribution >= 4 is 39.5 Å². The van der Waals surface area contributed by atoms with Gasteiger partial charge < -0.3 is 4.74 Å². The van der Waals surface area contributed by atoms with E-state index in [0.717, 1.165) is 26.5 Å². The predicted octanol–water partition coefficient (Wildman–Crippen LogP) is 7.37. The minimum Gasteiger partial charge on any atom is -0.473 e. The van der Waals surface area contributed by atoms with Gasteiger partial charge in [0.1, 0.15) is 5.69 Å². The number of ether oxygens (including phenoxy) is 1. The highest BCUT2D eigenvalue weighted by molar-refractivity contribution is 7.13. The molecule has 0 saturated carbocycles. The summed E-state index contributed by atoms with van der Waals surface area (Å²) in [6.45, 7) is 7.83. The zero-order valence-electron chi connectivity index (χ0n) is 17.0. The number of carbonyl (C=O) groups excluding carboxylic acids is 1. The van der Waals surface area contributed by atoms with Gasteiger partial charge in [-0.15, -0.1) is 22.7 Å². The van der Waals surface area contributed by atoms with Gasteiger partial charge in [0.2, 0.25) is 5.88 Å². The third-order valence-electron chi connectivity index (χ3n) is 3.93. The summed E-state index contributed by atoms with van der Waals surface area (Å²) >= 11 is 3.15. The van der Waals surface area contributed by atoms with E-state index in [1.54, 1.807) is 11.3 Å². The zero-order chi connectivity index (χ0) is 20.8. The van der Waals surface area contributed by atoms with E-state index < -0.39 is 0 Å². The lowest BCUT2D eigenvalue weighted by Gasteiger charge is -2.12. The number of fused-ring (bicyclic) bond motifs is 1. The molecule has 0 atom stereocenters. The van der Waals surface area contributed by atoms with E-state index in [9.17, 15) is 4.79 Å². The summed E-state index contributed by atoms with van der Waals surface area (Å²) in [5.41, 5.74) is 2.57. The Kier molecular flexibility index (Phi) is 8.69. The van der Waals surface area contributed by atoms with Crippen LogP contribution in [-0.2, 0) is 0 Å². The smallest absolute Gasteiger partial charge is 0.242 e. The van der Waals surface area contributed by atoms with Crippen molar-refractivity contribution in [3.8, 4) is 16.5 Å². The maximum Gasteiger partial charge on any atom is 0.242 e. The second-order valence-corrected chi connectivity index (χ2v) is 8.90. The van der Waals surface area contributed by atoms with Crippen LogP contribution < -0.4 is 4.74 Å². The fourth-order valence-electron chi connectivity index (χ4n) is 2.57. The molecule has 0 spiro atoms. The first kappa shape index (κ1) is 23.7.